The largest absolute Gasteiger partial charge is 0.484 e. The van der Waals surface area contributed by atoms with Gasteiger partial charge in [-0.1, -0.05) is 54.6 Å². The van der Waals surface area contributed by atoms with Crippen LogP contribution in [0.15, 0.2) is 59.5 Å². The second-order valence-corrected chi connectivity index (χ2v) is 9.57. The maximum absolute atomic E-state index is 12.6. The van der Waals surface area contributed by atoms with Gasteiger partial charge in [0, 0.05) is 49.4 Å². The van der Waals surface area contributed by atoms with E-state index in [1.165, 1.54) is 11.8 Å². The molecule has 6 heteroatoms. The van der Waals surface area contributed by atoms with Gasteiger partial charge in [-0.25, -0.2) is 0 Å². The van der Waals surface area contributed by atoms with E-state index in [4.69, 9.17) is 4.74 Å². The molecule has 5 nitrogen and oxygen atoms in total. The molecule has 160 valence electrons. The van der Waals surface area contributed by atoms with Crippen LogP contribution in [-0.4, -0.2) is 58.7 Å². The van der Waals surface area contributed by atoms with Crippen molar-refractivity contribution in [3.63, 3.8) is 0 Å². The molecule has 5 rings (SSSR count). The molecule has 1 aliphatic carbocycles. The van der Waals surface area contributed by atoms with Crippen LogP contribution >= 0.6 is 11.8 Å². The third-order valence-electron chi connectivity index (χ3n) is 6.38. The predicted molar refractivity (Wildman–Crippen MR) is 121 cm³/mol. The average Bonchev–Trinajstić information content (AvgIpc) is 2.80. The topological polar surface area (TPSA) is 66.8 Å². The number of fused-ring (bicyclic) bond motifs is 2. The van der Waals surface area contributed by atoms with Crippen molar-refractivity contribution in [2.45, 2.75) is 31.0 Å². The zero-order valence-electron chi connectivity index (χ0n) is 17.3. The van der Waals surface area contributed by atoms with Gasteiger partial charge in [0.2, 0.25) is 11.6 Å². The van der Waals surface area contributed by atoms with Gasteiger partial charge in [0.1, 0.15) is 16.3 Å². The van der Waals surface area contributed by atoms with Gasteiger partial charge in [-0.05, 0) is 12.0 Å². The van der Waals surface area contributed by atoms with E-state index >= 15 is 0 Å². The molecule has 1 fully saturated rings. The Morgan fingerprint density at radius 2 is 1.65 bits per heavy atom. The first kappa shape index (κ1) is 20.5. The van der Waals surface area contributed by atoms with Crippen molar-refractivity contribution in [1.29, 1.82) is 0 Å². The number of hydrogen-bond donors (Lipinski definition) is 1. The Hall–Kier alpha value is -2.41. The van der Waals surface area contributed by atoms with E-state index in [9.17, 15) is 14.7 Å². The second kappa shape index (κ2) is 8.26. The Morgan fingerprint density at radius 3 is 2.39 bits per heavy atom. The lowest BCUT2D eigenvalue weighted by Gasteiger charge is -2.45. The second-order valence-electron chi connectivity index (χ2n) is 8.58. The van der Waals surface area contributed by atoms with Crippen LogP contribution in [0, 0.1) is 0 Å². The Labute approximate surface area is 186 Å². The molecule has 1 N–H and O–H groups in total. The molecule has 0 saturated carbocycles. The number of likely N-dealkylation sites (tertiary alicyclic amines) is 1. The van der Waals surface area contributed by atoms with E-state index in [0.717, 1.165) is 37.1 Å². The van der Waals surface area contributed by atoms with E-state index in [1.54, 1.807) is 12.1 Å². The summed E-state index contributed by atoms with van der Waals surface area (Å²) in [6.45, 7) is 2.31. The van der Waals surface area contributed by atoms with E-state index < -0.39 is 17.7 Å². The van der Waals surface area contributed by atoms with Gasteiger partial charge in [-0.3, -0.25) is 9.59 Å². The van der Waals surface area contributed by atoms with Gasteiger partial charge in [-0.2, -0.15) is 0 Å². The fourth-order valence-corrected chi connectivity index (χ4v) is 5.91. The van der Waals surface area contributed by atoms with Crippen LogP contribution in [0.25, 0.3) is 5.76 Å². The standard InChI is InChI=1S/C25H25NO4S/c27-18(14-17-6-2-1-3-7-17)15-26-12-10-25(11-13-26)16-31-24-22(29)21(28)19-8-4-5-9-20(19)23(24)30-25/h1-9,18,27H,10-16H2. The number of hydrogen-bond acceptors (Lipinski definition) is 6. The maximum atomic E-state index is 12.6. The van der Waals surface area contributed by atoms with E-state index in [1.807, 2.05) is 42.5 Å². The number of allylic oxidation sites excluding steroid dienone is 1. The highest BCUT2D eigenvalue weighted by Crippen LogP contribution is 2.47. The smallest absolute Gasteiger partial charge is 0.243 e. The zero-order valence-corrected chi connectivity index (χ0v) is 18.1. The Kier molecular flexibility index (Phi) is 5.46. The highest BCUT2D eigenvalue weighted by Gasteiger charge is 2.45. The number of β-amino-alcohol motifs (C(OH)–C–C–N with tert-alkyl or cyclic N) is 1. The molecule has 3 aliphatic rings. The Balaban J connectivity index is 1.25. The number of rotatable bonds is 4. The molecule has 0 amide bonds. The summed E-state index contributed by atoms with van der Waals surface area (Å²) in [5, 5.41) is 10.5. The molecule has 1 unspecified atom stereocenters. The first-order valence-electron chi connectivity index (χ1n) is 10.7. The predicted octanol–water partition coefficient (Wildman–Crippen LogP) is 3.32. The highest BCUT2D eigenvalue weighted by atomic mass is 32.2. The summed E-state index contributed by atoms with van der Waals surface area (Å²) in [4.78, 5) is 27.8. The lowest BCUT2D eigenvalue weighted by Crippen LogP contribution is -2.50. The van der Waals surface area contributed by atoms with Crippen LogP contribution < -0.4 is 0 Å². The molecule has 0 bridgehead atoms. The molecule has 31 heavy (non-hydrogen) atoms. The van der Waals surface area contributed by atoms with Gasteiger partial charge < -0.3 is 14.7 Å². The number of nitrogens with zero attached hydrogens (tertiary/aromatic N) is 1. The fourth-order valence-electron chi connectivity index (χ4n) is 4.65. The van der Waals surface area contributed by atoms with Crippen LogP contribution in [0.4, 0.5) is 0 Å². The minimum absolute atomic E-state index is 0.335. The van der Waals surface area contributed by atoms with Crippen molar-refractivity contribution >= 4 is 29.1 Å². The highest BCUT2D eigenvalue weighted by molar-refractivity contribution is 8.04. The number of benzene rings is 2. The van der Waals surface area contributed by atoms with E-state index in [-0.39, 0.29) is 5.60 Å². The summed E-state index contributed by atoms with van der Waals surface area (Å²) in [6, 6.07) is 17.3. The Bertz CT molecular complexity index is 1040. The quantitative estimate of drug-likeness (QED) is 0.744. The van der Waals surface area contributed by atoms with Crippen molar-refractivity contribution in [2.24, 2.45) is 0 Å². The number of thioether (sulfide) groups is 1. The fraction of sp³-hybridized carbons (Fsp3) is 0.360. The molecule has 1 atom stereocenters. The van der Waals surface area contributed by atoms with Crippen LogP contribution in [-0.2, 0) is 16.0 Å². The van der Waals surface area contributed by atoms with Crippen LogP contribution in [0.5, 0.6) is 0 Å². The van der Waals surface area contributed by atoms with Crippen LogP contribution in [0.3, 0.4) is 0 Å². The lowest BCUT2D eigenvalue weighted by atomic mass is 9.90. The van der Waals surface area contributed by atoms with Gasteiger partial charge in [0.05, 0.1) is 6.10 Å². The third kappa shape index (κ3) is 3.95. The molecular formula is C25H25NO4S. The first-order valence-corrected chi connectivity index (χ1v) is 11.7. The molecule has 0 aromatic heterocycles. The summed E-state index contributed by atoms with van der Waals surface area (Å²) in [7, 11) is 0. The zero-order chi connectivity index (χ0) is 21.4. The van der Waals surface area contributed by atoms with E-state index in [2.05, 4.69) is 4.90 Å². The molecule has 0 radical (unpaired) electrons. The molecule has 1 saturated heterocycles. The number of carbonyl (C=O) groups is 2. The monoisotopic (exact) mass is 435 g/mol. The number of Topliss-reactive ketones (excluding diaryl/α,β-unsaturated/α-hetero) is 2. The molecular weight excluding hydrogens is 410 g/mol. The molecule has 2 aromatic carbocycles. The molecule has 2 aromatic rings. The lowest BCUT2D eigenvalue weighted by molar-refractivity contribution is -0.111. The van der Waals surface area contributed by atoms with Crippen LogP contribution in [0.1, 0.15) is 34.3 Å². The molecule has 2 aliphatic heterocycles. The normalized spacial score (nSPS) is 21.5. The number of carbonyl (C=O) groups excluding carboxylic acids is 2. The number of aliphatic hydroxyl groups is 1. The summed E-state index contributed by atoms with van der Waals surface area (Å²) >= 11 is 1.46. The van der Waals surface area contributed by atoms with Crippen LogP contribution in [0.2, 0.25) is 0 Å². The average molecular weight is 436 g/mol. The summed E-state index contributed by atoms with van der Waals surface area (Å²) in [5.74, 6) is 0.362. The van der Waals surface area contributed by atoms with Crippen molar-refractivity contribution in [2.75, 3.05) is 25.4 Å². The van der Waals surface area contributed by atoms with Gasteiger partial charge in [0.25, 0.3) is 0 Å². The van der Waals surface area contributed by atoms with Crippen molar-refractivity contribution in [3.8, 4) is 0 Å². The number of piperidine rings is 1. The Morgan fingerprint density at radius 1 is 0.968 bits per heavy atom. The summed E-state index contributed by atoms with van der Waals surface area (Å²) in [5.41, 5.74) is 1.97. The van der Waals surface area contributed by atoms with E-state index in [0.29, 0.717) is 34.9 Å². The van der Waals surface area contributed by atoms with Crippen molar-refractivity contribution < 1.29 is 19.4 Å². The summed E-state index contributed by atoms with van der Waals surface area (Å²) in [6.07, 6.45) is 1.91. The number of ether oxygens (including phenoxy) is 1. The minimum atomic E-state index is -0.449. The van der Waals surface area contributed by atoms with Crippen molar-refractivity contribution in [1.82, 2.24) is 4.90 Å². The SMILES string of the molecule is O=C1C(=O)c2ccccc2C2=C1SCC1(CCN(CC(O)Cc3ccccc3)CC1)O2. The molecule has 2 heterocycles. The number of aliphatic hydroxyl groups excluding tert-OH is 1. The number of ketones is 2. The van der Waals surface area contributed by atoms with Crippen molar-refractivity contribution in [3.05, 3.63) is 76.2 Å². The first-order chi connectivity index (χ1) is 15.0. The summed E-state index contributed by atoms with van der Waals surface area (Å²) < 4.78 is 6.51. The maximum Gasteiger partial charge on any atom is 0.243 e. The van der Waals surface area contributed by atoms with Gasteiger partial charge in [-0.15, -0.1) is 11.8 Å². The third-order valence-corrected chi connectivity index (χ3v) is 7.71. The minimum Gasteiger partial charge on any atom is -0.484 e. The van der Waals surface area contributed by atoms with Gasteiger partial charge >= 0.3 is 0 Å². The van der Waals surface area contributed by atoms with Gasteiger partial charge in [0.15, 0.2) is 0 Å². The molecule has 1 spiro atoms.